The van der Waals surface area contributed by atoms with Gasteiger partial charge < -0.3 is 5.32 Å². The molecule has 5 nitrogen and oxygen atoms in total. The van der Waals surface area contributed by atoms with Crippen molar-refractivity contribution < 1.29 is 4.79 Å². The Morgan fingerprint density at radius 2 is 1.79 bits per heavy atom. The maximum Gasteiger partial charge on any atom is 0.271 e. The van der Waals surface area contributed by atoms with E-state index in [9.17, 15) is 4.79 Å². The van der Waals surface area contributed by atoms with Crippen LogP contribution in [0, 0.1) is 0 Å². The molecule has 0 atom stereocenters. The maximum absolute atomic E-state index is 12.3. The normalized spacial score (nSPS) is 14.1. The standard InChI is InChI=1S/C23H24N4O/c28-23(22-16-24-11-12-25-22)26-15-20-5-1-2-6-21(20)19-9-7-18(8-10-19)17-27-13-3-4-14-27/h1-2,5-12,16H,3-4,13-15,17H2,(H,26,28). The van der Waals surface area contributed by atoms with Gasteiger partial charge >= 0.3 is 0 Å². The minimum Gasteiger partial charge on any atom is -0.347 e. The average molecular weight is 372 g/mol. The van der Waals surface area contributed by atoms with E-state index in [-0.39, 0.29) is 5.91 Å². The molecule has 1 amide bonds. The summed E-state index contributed by atoms with van der Waals surface area (Å²) in [7, 11) is 0. The summed E-state index contributed by atoms with van der Waals surface area (Å²) >= 11 is 0. The van der Waals surface area contributed by atoms with Gasteiger partial charge in [-0.2, -0.15) is 0 Å². The van der Waals surface area contributed by atoms with Gasteiger partial charge in [0.05, 0.1) is 6.20 Å². The fraction of sp³-hybridized carbons (Fsp3) is 0.261. The van der Waals surface area contributed by atoms with Crippen LogP contribution in [-0.2, 0) is 13.1 Å². The molecule has 4 rings (SSSR count). The molecule has 0 bridgehead atoms. The third-order valence-electron chi connectivity index (χ3n) is 5.12. The van der Waals surface area contributed by atoms with Crippen LogP contribution in [0.5, 0.6) is 0 Å². The predicted octanol–water partition coefficient (Wildman–Crippen LogP) is 3.67. The molecule has 0 saturated carbocycles. The van der Waals surface area contributed by atoms with Gasteiger partial charge in [0.15, 0.2) is 0 Å². The lowest BCUT2D eigenvalue weighted by Gasteiger charge is -2.15. The highest BCUT2D eigenvalue weighted by atomic mass is 16.1. The van der Waals surface area contributed by atoms with Crippen LogP contribution in [0.15, 0.2) is 67.1 Å². The van der Waals surface area contributed by atoms with Crippen LogP contribution < -0.4 is 5.32 Å². The van der Waals surface area contributed by atoms with E-state index < -0.39 is 0 Å². The maximum atomic E-state index is 12.3. The van der Waals surface area contributed by atoms with E-state index in [1.807, 2.05) is 18.2 Å². The Balaban J connectivity index is 1.45. The Morgan fingerprint density at radius 1 is 1.00 bits per heavy atom. The van der Waals surface area contributed by atoms with Crippen molar-refractivity contribution in [1.29, 1.82) is 0 Å². The topological polar surface area (TPSA) is 58.1 Å². The summed E-state index contributed by atoms with van der Waals surface area (Å²) in [4.78, 5) is 22.8. The van der Waals surface area contributed by atoms with Crippen LogP contribution in [0.4, 0.5) is 0 Å². The first-order valence-corrected chi connectivity index (χ1v) is 9.73. The van der Waals surface area contributed by atoms with Crippen LogP contribution in [0.2, 0.25) is 0 Å². The zero-order valence-corrected chi connectivity index (χ0v) is 15.8. The number of carbonyl (C=O) groups is 1. The zero-order chi connectivity index (χ0) is 19.2. The summed E-state index contributed by atoms with van der Waals surface area (Å²) < 4.78 is 0. The average Bonchev–Trinajstić information content (AvgIpc) is 3.26. The number of nitrogens with one attached hydrogen (secondary N) is 1. The van der Waals surface area contributed by atoms with Gasteiger partial charge in [-0.25, -0.2) is 4.98 Å². The fourth-order valence-corrected chi connectivity index (χ4v) is 3.63. The van der Waals surface area contributed by atoms with Gasteiger partial charge in [-0.15, -0.1) is 0 Å². The smallest absolute Gasteiger partial charge is 0.271 e. The van der Waals surface area contributed by atoms with Gasteiger partial charge in [-0.05, 0) is 48.2 Å². The van der Waals surface area contributed by atoms with Gasteiger partial charge in [0.1, 0.15) is 5.69 Å². The van der Waals surface area contributed by atoms with Gasteiger partial charge in [0.25, 0.3) is 5.91 Å². The first kappa shape index (κ1) is 18.3. The second-order valence-electron chi connectivity index (χ2n) is 7.11. The van der Waals surface area contributed by atoms with Crippen molar-refractivity contribution in [2.75, 3.05) is 13.1 Å². The van der Waals surface area contributed by atoms with Crippen molar-refractivity contribution in [2.45, 2.75) is 25.9 Å². The lowest BCUT2D eigenvalue weighted by atomic mass is 9.98. The first-order valence-electron chi connectivity index (χ1n) is 9.73. The van der Waals surface area contributed by atoms with E-state index in [0.29, 0.717) is 12.2 Å². The molecule has 1 saturated heterocycles. The molecule has 0 unspecified atom stereocenters. The first-order chi connectivity index (χ1) is 13.8. The summed E-state index contributed by atoms with van der Waals surface area (Å²) in [6.45, 7) is 3.88. The van der Waals surface area contributed by atoms with Gasteiger partial charge in [-0.3, -0.25) is 14.7 Å². The Hall–Kier alpha value is -3.05. The van der Waals surface area contributed by atoms with E-state index in [0.717, 1.165) is 23.2 Å². The van der Waals surface area contributed by atoms with Crippen LogP contribution in [0.1, 0.15) is 34.5 Å². The molecule has 0 spiro atoms. The van der Waals surface area contributed by atoms with Crippen LogP contribution in [-0.4, -0.2) is 33.9 Å². The van der Waals surface area contributed by atoms with E-state index in [1.165, 1.54) is 43.9 Å². The number of likely N-dealkylation sites (tertiary alicyclic amines) is 1. The van der Waals surface area contributed by atoms with Crippen molar-refractivity contribution in [3.8, 4) is 11.1 Å². The zero-order valence-electron chi connectivity index (χ0n) is 15.8. The number of benzene rings is 2. The van der Waals surface area contributed by atoms with Crippen molar-refractivity contribution in [1.82, 2.24) is 20.2 Å². The molecular weight excluding hydrogens is 348 g/mol. The second-order valence-corrected chi connectivity index (χ2v) is 7.11. The Kier molecular flexibility index (Phi) is 5.73. The van der Waals surface area contributed by atoms with Crippen molar-refractivity contribution in [3.05, 3.63) is 83.9 Å². The van der Waals surface area contributed by atoms with Crippen molar-refractivity contribution in [2.24, 2.45) is 0 Å². The van der Waals surface area contributed by atoms with E-state index in [1.54, 1.807) is 6.20 Å². The largest absolute Gasteiger partial charge is 0.347 e. The minimum absolute atomic E-state index is 0.219. The number of hydrogen-bond donors (Lipinski definition) is 1. The molecule has 142 valence electrons. The highest BCUT2D eigenvalue weighted by molar-refractivity contribution is 5.91. The molecule has 2 heterocycles. The monoisotopic (exact) mass is 372 g/mol. The molecule has 1 aliphatic rings. The molecule has 1 fully saturated rings. The van der Waals surface area contributed by atoms with Crippen LogP contribution >= 0.6 is 0 Å². The lowest BCUT2D eigenvalue weighted by molar-refractivity contribution is 0.0945. The second kappa shape index (κ2) is 8.76. The number of carbonyl (C=O) groups excluding carboxylic acids is 1. The summed E-state index contributed by atoms with van der Waals surface area (Å²) in [6.07, 6.45) is 7.17. The molecule has 0 radical (unpaired) electrons. The summed E-state index contributed by atoms with van der Waals surface area (Å²) in [5.74, 6) is -0.219. The molecule has 1 N–H and O–H groups in total. The molecule has 0 aliphatic carbocycles. The molecule has 1 aliphatic heterocycles. The van der Waals surface area contributed by atoms with Crippen LogP contribution in [0.25, 0.3) is 11.1 Å². The predicted molar refractivity (Wildman–Crippen MR) is 110 cm³/mol. The summed E-state index contributed by atoms with van der Waals surface area (Å²) in [5, 5.41) is 2.94. The SMILES string of the molecule is O=C(NCc1ccccc1-c1ccc(CN2CCCC2)cc1)c1cnccn1. The summed E-state index contributed by atoms with van der Waals surface area (Å²) in [6, 6.07) is 16.9. The van der Waals surface area contributed by atoms with E-state index in [4.69, 9.17) is 0 Å². The van der Waals surface area contributed by atoms with Crippen molar-refractivity contribution in [3.63, 3.8) is 0 Å². The van der Waals surface area contributed by atoms with Gasteiger partial charge in [0, 0.05) is 25.5 Å². The number of hydrogen-bond acceptors (Lipinski definition) is 4. The third-order valence-corrected chi connectivity index (χ3v) is 5.12. The fourth-order valence-electron chi connectivity index (χ4n) is 3.63. The Bertz CT molecular complexity index is 919. The third kappa shape index (κ3) is 4.43. The van der Waals surface area contributed by atoms with Crippen LogP contribution in [0.3, 0.4) is 0 Å². The minimum atomic E-state index is -0.219. The number of rotatable bonds is 6. The van der Waals surface area contributed by atoms with Crippen molar-refractivity contribution >= 4 is 5.91 Å². The Labute approximate surface area is 165 Å². The quantitative estimate of drug-likeness (QED) is 0.717. The Morgan fingerprint density at radius 3 is 2.54 bits per heavy atom. The number of amides is 1. The van der Waals surface area contributed by atoms with E-state index in [2.05, 4.69) is 50.5 Å². The molecule has 3 aromatic rings. The molecule has 5 heteroatoms. The van der Waals surface area contributed by atoms with Gasteiger partial charge in [0.2, 0.25) is 0 Å². The summed E-state index contributed by atoms with van der Waals surface area (Å²) in [5.41, 5.74) is 5.04. The number of aromatic nitrogens is 2. The highest BCUT2D eigenvalue weighted by Gasteiger charge is 2.12. The van der Waals surface area contributed by atoms with E-state index >= 15 is 0 Å². The lowest BCUT2D eigenvalue weighted by Crippen LogP contribution is -2.24. The van der Waals surface area contributed by atoms with Gasteiger partial charge in [-0.1, -0.05) is 48.5 Å². The molecule has 1 aromatic heterocycles. The molecular formula is C23H24N4O. The number of nitrogens with zero attached hydrogens (tertiary/aromatic N) is 3. The molecule has 2 aromatic carbocycles. The highest BCUT2D eigenvalue weighted by Crippen LogP contribution is 2.25. The molecule has 28 heavy (non-hydrogen) atoms.